The zero-order valence-electron chi connectivity index (χ0n) is 12.9. The van der Waals surface area contributed by atoms with Crippen molar-refractivity contribution < 1.29 is 9.84 Å². The molecule has 0 spiro atoms. The number of nitrogens with zero attached hydrogens (tertiary/aromatic N) is 1. The summed E-state index contributed by atoms with van der Waals surface area (Å²) in [6, 6.07) is 0. The third-order valence-corrected chi connectivity index (χ3v) is 3.57. The van der Waals surface area contributed by atoms with Gasteiger partial charge in [0.15, 0.2) is 0 Å². The first-order valence-electron chi connectivity index (χ1n) is 7.80. The molecule has 0 aliphatic carbocycles. The number of hydrogen-bond acceptors (Lipinski definition) is 4. The van der Waals surface area contributed by atoms with Gasteiger partial charge >= 0.3 is 0 Å². The van der Waals surface area contributed by atoms with Crippen LogP contribution in [0.3, 0.4) is 0 Å². The largest absolute Gasteiger partial charge is 0.389 e. The molecule has 114 valence electrons. The van der Waals surface area contributed by atoms with Crippen molar-refractivity contribution in [2.45, 2.75) is 39.7 Å². The minimum atomic E-state index is -0.345. The van der Waals surface area contributed by atoms with Crippen LogP contribution in [0.1, 0.15) is 33.6 Å². The molecule has 0 saturated carbocycles. The molecule has 0 aromatic carbocycles. The average molecular weight is 272 g/mol. The van der Waals surface area contributed by atoms with E-state index in [1.54, 1.807) is 0 Å². The van der Waals surface area contributed by atoms with Crippen LogP contribution in [0, 0.1) is 11.8 Å². The van der Waals surface area contributed by atoms with Crippen LogP contribution < -0.4 is 5.32 Å². The molecule has 4 heteroatoms. The van der Waals surface area contributed by atoms with Crippen LogP contribution in [0.15, 0.2) is 0 Å². The first kappa shape index (κ1) is 16.9. The Balaban J connectivity index is 2.18. The second-order valence-electron chi connectivity index (χ2n) is 6.13. The molecule has 1 rings (SSSR count). The standard InChI is InChI=1S/C15H32N2O2/c1-4-19-12-15(18)11-17-7-5-6-14(10-17)9-16-8-13(2)3/h13-16,18H,4-12H2,1-3H3. The quantitative estimate of drug-likeness (QED) is 0.665. The number of aliphatic hydroxyl groups is 1. The van der Waals surface area contributed by atoms with Gasteiger partial charge in [0.1, 0.15) is 0 Å². The molecule has 0 amide bonds. The molecule has 2 N–H and O–H groups in total. The summed E-state index contributed by atoms with van der Waals surface area (Å²) in [6.45, 7) is 12.8. The van der Waals surface area contributed by atoms with E-state index in [-0.39, 0.29) is 6.10 Å². The van der Waals surface area contributed by atoms with Crippen LogP contribution in [0.5, 0.6) is 0 Å². The van der Waals surface area contributed by atoms with Crippen molar-refractivity contribution in [2.75, 3.05) is 45.9 Å². The second kappa shape index (κ2) is 9.70. The fourth-order valence-corrected chi connectivity index (χ4v) is 2.66. The van der Waals surface area contributed by atoms with E-state index in [1.807, 2.05) is 6.92 Å². The third kappa shape index (κ3) is 7.88. The third-order valence-electron chi connectivity index (χ3n) is 3.57. The first-order valence-corrected chi connectivity index (χ1v) is 7.80. The number of aliphatic hydroxyl groups excluding tert-OH is 1. The summed E-state index contributed by atoms with van der Waals surface area (Å²) in [6.07, 6.45) is 2.21. The summed E-state index contributed by atoms with van der Waals surface area (Å²) < 4.78 is 5.27. The molecule has 1 saturated heterocycles. The highest BCUT2D eigenvalue weighted by Gasteiger charge is 2.21. The van der Waals surface area contributed by atoms with Gasteiger partial charge in [0.05, 0.1) is 12.7 Å². The van der Waals surface area contributed by atoms with Gasteiger partial charge in [0, 0.05) is 19.7 Å². The maximum atomic E-state index is 9.89. The smallest absolute Gasteiger partial charge is 0.0900 e. The predicted octanol–water partition coefficient (Wildman–Crippen LogP) is 1.34. The lowest BCUT2D eigenvalue weighted by Crippen LogP contribution is -2.44. The number of rotatable bonds is 9. The molecule has 4 nitrogen and oxygen atoms in total. The van der Waals surface area contributed by atoms with Gasteiger partial charge in [-0.15, -0.1) is 0 Å². The van der Waals surface area contributed by atoms with Gasteiger partial charge in [-0.05, 0) is 51.2 Å². The van der Waals surface area contributed by atoms with E-state index < -0.39 is 0 Å². The van der Waals surface area contributed by atoms with Crippen LogP contribution in [-0.2, 0) is 4.74 Å². The zero-order valence-corrected chi connectivity index (χ0v) is 12.9. The summed E-state index contributed by atoms with van der Waals surface area (Å²) in [5.74, 6) is 1.44. The Morgan fingerprint density at radius 3 is 2.89 bits per heavy atom. The SMILES string of the molecule is CCOCC(O)CN1CCCC(CNCC(C)C)C1. The highest BCUT2D eigenvalue weighted by atomic mass is 16.5. The Bertz CT molecular complexity index is 224. The fraction of sp³-hybridized carbons (Fsp3) is 1.00. The maximum absolute atomic E-state index is 9.89. The summed E-state index contributed by atoms with van der Waals surface area (Å²) >= 11 is 0. The highest BCUT2D eigenvalue weighted by molar-refractivity contribution is 4.76. The van der Waals surface area contributed by atoms with Gasteiger partial charge < -0.3 is 20.1 Å². The number of piperidine rings is 1. The number of likely N-dealkylation sites (tertiary alicyclic amines) is 1. The molecule has 0 bridgehead atoms. The van der Waals surface area contributed by atoms with Crippen molar-refractivity contribution in [3.63, 3.8) is 0 Å². The lowest BCUT2D eigenvalue weighted by atomic mass is 9.97. The highest BCUT2D eigenvalue weighted by Crippen LogP contribution is 2.16. The predicted molar refractivity (Wildman–Crippen MR) is 79.4 cm³/mol. The Kier molecular flexibility index (Phi) is 8.62. The topological polar surface area (TPSA) is 44.7 Å². The van der Waals surface area contributed by atoms with Gasteiger partial charge in [0.25, 0.3) is 0 Å². The molecule has 1 heterocycles. The maximum Gasteiger partial charge on any atom is 0.0900 e. The van der Waals surface area contributed by atoms with E-state index in [0.29, 0.717) is 19.1 Å². The minimum absolute atomic E-state index is 0.345. The minimum Gasteiger partial charge on any atom is -0.389 e. The molecule has 0 aromatic rings. The number of β-amino-alcohol motifs (C(OH)–C–C–N with tert-alkyl or cyclic N) is 1. The average Bonchev–Trinajstić information content (AvgIpc) is 2.36. The van der Waals surface area contributed by atoms with Gasteiger partial charge in [-0.1, -0.05) is 13.8 Å². The molecule has 0 radical (unpaired) electrons. The van der Waals surface area contributed by atoms with E-state index in [1.165, 1.54) is 12.8 Å². The zero-order chi connectivity index (χ0) is 14.1. The summed E-state index contributed by atoms with van der Waals surface area (Å²) in [5.41, 5.74) is 0. The van der Waals surface area contributed by atoms with Crippen LogP contribution >= 0.6 is 0 Å². The normalized spacial score (nSPS) is 22.9. The molecule has 2 atom stereocenters. The van der Waals surface area contributed by atoms with Crippen molar-refractivity contribution in [1.82, 2.24) is 10.2 Å². The van der Waals surface area contributed by atoms with Crippen LogP contribution in [0.4, 0.5) is 0 Å². The van der Waals surface area contributed by atoms with Crippen LogP contribution in [0.25, 0.3) is 0 Å². The summed E-state index contributed by atoms with van der Waals surface area (Å²) in [5, 5.41) is 13.4. The lowest BCUT2D eigenvalue weighted by molar-refractivity contribution is 0.0129. The lowest BCUT2D eigenvalue weighted by Gasteiger charge is -2.34. The first-order chi connectivity index (χ1) is 9.11. The van der Waals surface area contributed by atoms with E-state index in [2.05, 4.69) is 24.1 Å². The fourth-order valence-electron chi connectivity index (χ4n) is 2.66. The monoisotopic (exact) mass is 272 g/mol. The van der Waals surface area contributed by atoms with Crippen molar-refractivity contribution in [3.8, 4) is 0 Å². The number of ether oxygens (including phenoxy) is 1. The molecule has 1 fully saturated rings. The van der Waals surface area contributed by atoms with Gasteiger partial charge in [-0.3, -0.25) is 0 Å². The van der Waals surface area contributed by atoms with E-state index in [0.717, 1.165) is 38.6 Å². The molecular formula is C15H32N2O2. The second-order valence-corrected chi connectivity index (χ2v) is 6.13. The van der Waals surface area contributed by atoms with Gasteiger partial charge in [-0.25, -0.2) is 0 Å². The Hall–Kier alpha value is -0.160. The Morgan fingerprint density at radius 2 is 2.21 bits per heavy atom. The molecule has 19 heavy (non-hydrogen) atoms. The molecule has 2 unspecified atom stereocenters. The van der Waals surface area contributed by atoms with Crippen molar-refractivity contribution >= 4 is 0 Å². The molecule has 1 aliphatic heterocycles. The van der Waals surface area contributed by atoms with Crippen molar-refractivity contribution in [3.05, 3.63) is 0 Å². The van der Waals surface area contributed by atoms with E-state index >= 15 is 0 Å². The number of hydrogen-bond donors (Lipinski definition) is 2. The Labute approximate surface area is 118 Å². The number of nitrogens with one attached hydrogen (secondary N) is 1. The molecular weight excluding hydrogens is 240 g/mol. The van der Waals surface area contributed by atoms with Crippen molar-refractivity contribution in [2.24, 2.45) is 11.8 Å². The van der Waals surface area contributed by atoms with E-state index in [9.17, 15) is 5.11 Å². The summed E-state index contributed by atoms with van der Waals surface area (Å²) in [4.78, 5) is 2.38. The van der Waals surface area contributed by atoms with Crippen LogP contribution in [0.2, 0.25) is 0 Å². The van der Waals surface area contributed by atoms with Gasteiger partial charge in [-0.2, -0.15) is 0 Å². The molecule has 0 aromatic heterocycles. The van der Waals surface area contributed by atoms with Gasteiger partial charge in [0.2, 0.25) is 0 Å². The Morgan fingerprint density at radius 1 is 1.42 bits per heavy atom. The molecule has 1 aliphatic rings. The van der Waals surface area contributed by atoms with E-state index in [4.69, 9.17) is 4.74 Å². The summed E-state index contributed by atoms with van der Waals surface area (Å²) in [7, 11) is 0. The van der Waals surface area contributed by atoms with Crippen molar-refractivity contribution in [1.29, 1.82) is 0 Å². The van der Waals surface area contributed by atoms with Crippen LogP contribution in [-0.4, -0.2) is 62.0 Å².